The van der Waals surface area contributed by atoms with E-state index in [0.29, 0.717) is 17.1 Å². The second-order valence-electron chi connectivity index (χ2n) is 7.92. The second kappa shape index (κ2) is 8.74. The van der Waals surface area contributed by atoms with Crippen LogP contribution in [-0.4, -0.2) is 47.1 Å². The lowest BCUT2D eigenvalue weighted by molar-refractivity contribution is -0.141. The van der Waals surface area contributed by atoms with Crippen LogP contribution in [0.15, 0.2) is 42.0 Å². The molecule has 0 radical (unpaired) electrons. The van der Waals surface area contributed by atoms with Gasteiger partial charge in [0.1, 0.15) is 23.0 Å². The summed E-state index contributed by atoms with van der Waals surface area (Å²) in [5, 5.41) is 21.2. The average molecular weight is 458 g/mol. The number of phenols is 1. The molecule has 0 bridgehead atoms. The second-order valence-corrected chi connectivity index (χ2v) is 8.33. The van der Waals surface area contributed by atoms with Crippen LogP contribution in [0.5, 0.6) is 17.2 Å². The van der Waals surface area contributed by atoms with Crippen molar-refractivity contribution >= 4 is 29.1 Å². The molecule has 2 aromatic rings. The number of hydrogen-bond donors (Lipinski definition) is 2. The van der Waals surface area contributed by atoms with Gasteiger partial charge in [-0.3, -0.25) is 9.59 Å². The van der Waals surface area contributed by atoms with Crippen molar-refractivity contribution in [3.63, 3.8) is 0 Å². The van der Waals surface area contributed by atoms with Gasteiger partial charge in [0.25, 0.3) is 11.7 Å². The number of aromatic hydroxyl groups is 1. The molecule has 1 saturated heterocycles. The first-order chi connectivity index (χ1) is 15.4. The van der Waals surface area contributed by atoms with Gasteiger partial charge >= 0.3 is 0 Å². The molecule has 1 atom stereocenters. The van der Waals surface area contributed by atoms with Crippen molar-refractivity contribution < 1.29 is 29.3 Å². The van der Waals surface area contributed by atoms with E-state index < -0.39 is 17.7 Å². The molecular formula is C24H24ClNO6. The van der Waals surface area contributed by atoms with E-state index in [2.05, 4.69) is 0 Å². The van der Waals surface area contributed by atoms with E-state index in [-0.39, 0.29) is 33.7 Å². The summed E-state index contributed by atoms with van der Waals surface area (Å²) in [7, 11) is 2.95. The van der Waals surface area contributed by atoms with E-state index in [9.17, 15) is 19.8 Å². The monoisotopic (exact) mass is 457 g/mol. The van der Waals surface area contributed by atoms with E-state index >= 15 is 0 Å². The van der Waals surface area contributed by atoms with E-state index in [0.717, 1.165) is 25.7 Å². The zero-order valence-electron chi connectivity index (χ0n) is 17.8. The summed E-state index contributed by atoms with van der Waals surface area (Å²) < 4.78 is 10.6. The number of amides is 1. The first-order valence-electron chi connectivity index (χ1n) is 10.4. The Kier molecular flexibility index (Phi) is 6.02. The Balaban J connectivity index is 1.92. The number of aliphatic hydroxyl groups is 1. The van der Waals surface area contributed by atoms with Gasteiger partial charge < -0.3 is 24.6 Å². The molecule has 4 rings (SSSR count). The molecule has 2 fully saturated rings. The van der Waals surface area contributed by atoms with Gasteiger partial charge in [-0.05, 0) is 42.7 Å². The summed E-state index contributed by atoms with van der Waals surface area (Å²) in [5.41, 5.74) is 0.771. The molecule has 2 aliphatic rings. The highest BCUT2D eigenvalue weighted by atomic mass is 35.5. The SMILES string of the molecule is COc1ccc(/C(O)=C2/C(=O)C(=O)N(C3CCCC3)C2c2ccc(O)c(Cl)c2)c(OC)c1. The molecule has 1 aliphatic carbocycles. The number of rotatable bonds is 5. The lowest BCUT2D eigenvalue weighted by atomic mass is 9.94. The molecule has 1 aliphatic heterocycles. The lowest BCUT2D eigenvalue weighted by Crippen LogP contribution is -2.37. The number of Topliss-reactive ketones (excluding diaryl/α,β-unsaturated/α-hetero) is 1. The summed E-state index contributed by atoms with van der Waals surface area (Å²) in [5.74, 6) is -1.03. The topological polar surface area (TPSA) is 96.3 Å². The maximum Gasteiger partial charge on any atom is 0.295 e. The van der Waals surface area contributed by atoms with Crippen molar-refractivity contribution in [2.75, 3.05) is 14.2 Å². The third-order valence-corrected chi connectivity index (χ3v) is 6.45. The minimum absolute atomic E-state index is 0.0351. The van der Waals surface area contributed by atoms with Crippen LogP contribution < -0.4 is 9.47 Å². The molecule has 2 aromatic carbocycles. The average Bonchev–Trinajstić information content (AvgIpc) is 3.41. The third kappa shape index (κ3) is 3.66. The van der Waals surface area contributed by atoms with Crippen LogP contribution in [0.3, 0.4) is 0 Å². The summed E-state index contributed by atoms with van der Waals surface area (Å²) in [4.78, 5) is 27.9. The van der Waals surface area contributed by atoms with Crippen LogP contribution in [-0.2, 0) is 9.59 Å². The molecule has 1 saturated carbocycles. The van der Waals surface area contributed by atoms with E-state index in [1.165, 1.54) is 26.4 Å². The predicted molar refractivity (Wildman–Crippen MR) is 119 cm³/mol. The van der Waals surface area contributed by atoms with Gasteiger partial charge in [-0.1, -0.05) is 30.5 Å². The van der Waals surface area contributed by atoms with Crippen LogP contribution in [0.1, 0.15) is 42.9 Å². The molecule has 168 valence electrons. The van der Waals surface area contributed by atoms with Gasteiger partial charge in [-0.15, -0.1) is 0 Å². The number of carbonyl (C=O) groups excluding carboxylic acids is 2. The molecule has 1 heterocycles. The molecule has 1 unspecified atom stereocenters. The number of hydrogen-bond acceptors (Lipinski definition) is 6. The van der Waals surface area contributed by atoms with E-state index in [1.54, 1.807) is 29.2 Å². The number of halogens is 1. The number of carbonyl (C=O) groups is 2. The normalized spacial score (nSPS) is 20.7. The largest absolute Gasteiger partial charge is 0.507 e. The van der Waals surface area contributed by atoms with Crippen molar-refractivity contribution in [2.45, 2.75) is 37.8 Å². The van der Waals surface area contributed by atoms with Crippen LogP contribution in [0.4, 0.5) is 0 Å². The summed E-state index contributed by atoms with van der Waals surface area (Å²) in [6, 6.07) is 8.41. The van der Waals surface area contributed by atoms with Crippen molar-refractivity contribution in [3.05, 3.63) is 58.1 Å². The maximum atomic E-state index is 13.2. The molecule has 7 nitrogen and oxygen atoms in total. The van der Waals surface area contributed by atoms with Crippen molar-refractivity contribution in [3.8, 4) is 17.2 Å². The minimum atomic E-state index is -0.831. The maximum absolute atomic E-state index is 13.2. The van der Waals surface area contributed by atoms with Crippen LogP contribution in [0, 0.1) is 0 Å². The fourth-order valence-corrected chi connectivity index (χ4v) is 4.76. The van der Waals surface area contributed by atoms with Crippen molar-refractivity contribution in [1.29, 1.82) is 0 Å². The Morgan fingerprint density at radius 1 is 1.06 bits per heavy atom. The first kappa shape index (κ1) is 22.0. The predicted octanol–water partition coefficient (Wildman–Crippen LogP) is 4.43. The zero-order valence-corrected chi connectivity index (χ0v) is 18.6. The van der Waals surface area contributed by atoms with Gasteiger partial charge in [0.15, 0.2) is 0 Å². The van der Waals surface area contributed by atoms with E-state index in [1.807, 2.05) is 0 Å². The highest BCUT2D eigenvalue weighted by molar-refractivity contribution is 6.46. The number of methoxy groups -OCH3 is 2. The Bertz CT molecular complexity index is 1110. The van der Waals surface area contributed by atoms with Crippen LogP contribution >= 0.6 is 11.6 Å². The minimum Gasteiger partial charge on any atom is -0.507 e. The number of ketones is 1. The van der Waals surface area contributed by atoms with Crippen LogP contribution in [0.2, 0.25) is 5.02 Å². The van der Waals surface area contributed by atoms with Crippen LogP contribution in [0.25, 0.3) is 5.76 Å². The molecule has 2 N–H and O–H groups in total. The van der Waals surface area contributed by atoms with Gasteiger partial charge in [0.2, 0.25) is 0 Å². The fourth-order valence-electron chi connectivity index (χ4n) is 4.57. The van der Waals surface area contributed by atoms with Crippen molar-refractivity contribution in [1.82, 2.24) is 4.90 Å². The lowest BCUT2D eigenvalue weighted by Gasteiger charge is -2.31. The first-order valence-corrected chi connectivity index (χ1v) is 10.8. The van der Waals surface area contributed by atoms with Gasteiger partial charge in [0, 0.05) is 12.1 Å². The summed E-state index contributed by atoms with van der Waals surface area (Å²) >= 11 is 6.15. The molecule has 8 heteroatoms. The molecule has 1 amide bonds. The highest BCUT2D eigenvalue weighted by Gasteiger charge is 2.49. The Labute approximate surface area is 190 Å². The zero-order chi connectivity index (χ0) is 23.0. The Hall–Kier alpha value is -3.19. The smallest absolute Gasteiger partial charge is 0.295 e. The number of phenolic OH excluding ortho intramolecular Hbond substituents is 1. The fraction of sp³-hybridized carbons (Fsp3) is 0.333. The number of aliphatic hydroxyl groups excluding tert-OH is 1. The quantitative estimate of drug-likeness (QED) is 0.392. The van der Waals surface area contributed by atoms with Gasteiger partial charge in [-0.25, -0.2) is 0 Å². The van der Waals surface area contributed by atoms with E-state index in [4.69, 9.17) is 21.1 Å². The third-order valence-electron chi connectivity index (χ3n) is 6.15. The summed E-state index contributed by atoms with van der Waals surface area (Å²) in [6.07, 6.45) is 3.48. The number of nitrogens with zero attached hydrogens (tertiary/aromatic N) is 1. The molecule has 0 spiro atoms. The Morgan fingerprint density at radius 3 is 2.41 bits per heavy atom. The Morgan fingerprint density at radius 2 is 1.78 bits per heavy atom. The standard InChI is InChI=1S/C24H24ClNO6/c1-31-15-8-9-16(19(12-15)32-2)22(28)20-21(13-7-10-18(27)17(25)11-13)26(24(30)23(20)29)14-5-3-4-6-14/h7-12,14,21,27-28H,3-6H2,1-2H3/b22-20-. The molecule has 32 heavy (non-hydrogen) atoms. The number of likely N-dealkylation sites (tertiary alicyclic amines) is 1. The van der Waals surface area contributed by atoms with Gasteiger partial charge in [0.05, 0.1) is 36.4 Å². The van der Waals surface area contributed by atoms with Gasteiger partial charge in [-0.2, -0.15) is 0 Å². The number of ether oxygens (including phenoxy) is 2. The number of benzene rings is 2. The molecule has 0 aromatic heterocycles. The summed E-state index contributed by atoms with van der Waals surface area (Å²) in [6.45, 7) is 0. The van der Waals surface area contributed by atoms with Crippen molar-refractivity contribution in [2.24, 2.45) is 0 Å². The highest BCUT2D eigenvalue weighted by Crippen LogP contribution is 2.45. The molecular weight excluding hydrogens is 434 g/mol.